The molecule has 15 heavy (non-hydrogen) atoms. The molecule has 0 atom stereocenters. The zero-order valence-corrected chi connectivity index (χ0v) is 9.48. The van der Waals surface area contributed by atoms with Crippen LogP contribution in [0.15, 0.2) is 18.5 Å². The molecule has 4 heteroatoms. The maximum Gasteiger partial charge on any atom is 0.278 e. The highest BCUT2D eigenvalue weighted by Crippen LogP contribution is 2.21. The van der Waals surface area contributed by atoms with Crippen LogP contribution in [0.25, 0.3) is 0 Å². The molecule has 0 bridgehead atoms. The van der Waals surface area contributed by atoms with Gasteiger partial charge in [0, 0.05) is 19.4 Å². The van der Waals surface area contributed by atoms with E-state index in [1.54, 1.807) is 12.3 Å². The Bertz CT molecular complexity index is 367. The molecule has 0 saturated carbocycles. The molecule has 82 valence electrons. The molecule has 0 saturated heterocycles. The van der Waals surface area contributed by atoms with Crippen LogP contribution in [0, 0.1) is 0 Å². The van der Waals surface area contributed by atoms with Crippen LogP contribution in [0.5, 0.6) is 0 Å². The second-order valence-corrected chi connectivity index (χ2v) is 4.54. The molecular formula is C11H16N2O2. The third kappa shape index (κ3) is 2.76. The number of carbonyl (C=O) groups excluding carboxylic acids is 1. The SMILES string of the molecule is CN(O)C(=O)c1cncc(C(C)(C)C)c1. The molecule has 0 unspecified atom stereocenters. The van der Waals surface area contributed by atoms with E-state index < -0.39 is 5.91 Å². The van der Waals surface area contributed by atoms with Gasteiger partial charge in [-0.05, 0) is 17.0 Å². The van der Waals surface area contributed by atoms with Gasteiger partial charge in [-0.15, -0.1) is 0 Å². The predicted molar refractivity (Wildman–Crippen MR) is 56.8 cm³/mol. The molecule has 1 aromatic heterocycles. The Balaban J connectivity index is 3.09. The molecule has 0 fully saturated rings. The fourth-order valence-electron chi connectivity index (χ4n) is 1.15. The Labute approximate surface area is 89.5 Å². The highest BCUT2D eigenvalue weighted by Gasteiger charge is 2.17. The van der Waals surface area contributed by atoms with Crippen LogP contribution < -0.4 is 0 Å². The number of amides is 1. The molecule has 0 aliphatic heterocycles. The lowest BCUT2D eigenvalue weighted by Gasteiger charge is -2.19. The van der Waals surface area contributed by atoms with E-state index in [1.165, 1.54) is 13.2 Å². The molecule has 0 aliphatic rings. The zero-order chi connectivity index (χ0) is 11.6. The van der Waals surface area contributed by atoms with Crippen molar-refractivity contribution in [1.82, 2.24) is 10.0 Å². The van der Waals surface area contributed by atoms with Crippen molar-refractivity contribution in [1.29, 1.82) is 0 Å². The van der Waals surface area contributed by atoms with E-state index in [-0.39, 0.29) is 5.41 Å². The molecule has 0 aromatic carbocycles. The van der Waals surface area contributed by atoms with Crippen molar-refractivity contribution >= 4 is 5.91 Å². The monoisotopic (exact) mass is 208 g/mol. The van der Waals surface area contributed by atoms with E-state index in [0.29, 0.717) is 10.6 Å². The van der Waals surface area contributed by atoms with Gasteiger partial charge in [-0.2, -0.15) is 0 Å². The van der Waals surface area contributed by atoms with Crippen molar-refractivity contribution in [3.63, 3.8) is 0 Å². The number of hydrogen-bond acceptors (Lipinski definition) is 3. The first-order valence-electron chi connectivity index (χ1n) is 4.75. The van der Waals surface area contributed by atoms with E-state index >= 15 is 0 Å². The van der Waals surface area contributed by atoms with Crippen molar-refractivity contribution in [2.24, 2.45) is 0 Å². The van der Waals surface area contributed by atoms with E-state index in [0.717, 1.165) is 5.56 Å². The van der Waals surface area contributed by atoms with Crippen LogP contribution >= 0.6 is 0 Å². The van der Waals surface area contributed by atoms with Crippen molar-refractivity contribution in [2.45, 2.75) is 26.2 Å². The van der Waals surface area contributed by atoms with Crippen LogP contribution in [0.4, 0.5) is 0 Å². The number of nitrogens with zero attached hydrogens (tertiary/aromatic N) is 2. The van der Waals surface area contributed by atoms with Crippen LogP contribution in [0.3, 0.4) is 0 Å². The minimum absolute atomic E-state index is 0.0582. The number of pyridine rings is 1. The summed E-state index contributed by atoms with van der Waals surface area (Å²) in [6.45, 7) is 6.13. The summed E-state index contributed by atoms with van der Waals surface area (Å²) < 4.78 is 0. The van der Waals surface area contributed by atoms with Gasteiger partial charge in [-0.1, -0.05) is 20.8 Å². The fraction of sp³-hybridized carbons (Fsp3) is 0.455. The summed E-state index contributed by atoms with van der Waals surface area (Å²) in [5.74, 6) is -0.450. The third-order valence-electron chi connectivity index (χ3n) is 2.15. The average molecular weight is 208 g/mol. The van der Waals surface area contributed by atoms with Crippen molar-refractivity contribution < 1.29 is 10.0 Å². The Morgan fingerprint density at radius 3 is 2.47 bits per heavy atom. The van der Waals surface area contributed by atoms with Crippen LogP contribution in [0.2, 0.25) is 0 Å². The van der Waals surface area contributed by atoms with Crippen LogP contribution in [-0.2, 0) is 5.41 Å². The van der Waals surface area contributed by atoms with Gasteiger partial charge in [0.2, 0.25) is 0 Å². The normalized spacial score (nSPS) is 11.3. The second-order valence-electron chi connectivity index (χ2n) is 4.54. The smallest absolute Gasteiger partial charge is 0.278 e. The molecule has 0 radical (unpaired) electrons. The minimum Gasteiger partial charge on any atom is -0.286 e. The largest absolute Gasteiger partial charge is 0.286 e. The van der Waals surface area contributed by atoms with Gasteiger partial charge in [0.1, 0.15) is 0 Å². The molecule has 4 nitrogen and oxygen atoms in total. The first-order chi connectivity index (χ1) is 6.82. The van der Waals surface area contributed by atoms with Gasteiger partial charge in [0.25, 0.3) is 5.91 Å². The van der Waals surface area contributed by atoms with Crippen molar-refractivity contribution in [3.05, 3.63) is 29.6 Å². The first-order valence-corrected chi connectivity index (χ1v) is 4.75. The topological polar surface area (TPSA) is 53.4 Å². The predicted octanol–water partition coefficient (Wildman–Crippen LogP) is 1.84. The average Bonchev–Trinajstić information content (AvgIpc) is 2.15. The van der Waals surface area contributed by atoms with Crippen molar-refractivity contribution in [2.75, 3.05) is 7.05 Å². The summed E-state index contributed by atoms with van der Waals surface area (Å²) >= 11 is 0. The lowest BCUT2D eigenvalue weighted by Crippen LogP contribution is -2.23. The van der Waals surface area contributed by atoms with E-state index in [9.17, 15) is 4.79 Å². The zero-order valence-electron chi connectivity index (χ0n) is 9.48. The third-order valence-corrected chi connectivity index (χ3v) is 2.15. The summed E-state index contributed by atoms with van der Waals surface area (Å²) in [7, 11) is 1.30. The van der Waals surface area contributed by atoms with Gasteiger partial charge in [-0.3, -0.25) is 15.0 Å². The van der Waals surface area contributed by atoms with Gasteiger partial charge < -0.3 is 0 Å². The molecule has 1 amide bonds. The maximum atomic E-state index is 11.5. The Morgan fingerprint density at radius 1 is 1.40 bits per heavy atom. The number of aromatic nitrogens is 1. The quantitative estimate of drug-likeness (QED) is 0.566. The minimum atomic E-state index is -0.450. The Hall–Kier alpha value is -1.42. The number of carbonyl (C=O) groups is 1. The first kappa shape index (κ1) is 11.7. The summed E-state index contributed by atoms with van der Waals surface area (Å²) in [4.78, 5) is 15.5. The van der Waals surface area contributed by atoms with E-state index in [1.807, 2.05) is 20.8 Å². The lowest BCUT2D eigenvalue weighted by molar-refractivity contribution is -0.0375. The molecule has 0 aliphatic carbocycles. The summed E-state index contributed by atoms with van der Waals surface area (Å²) in [5.41, 5.74) is 1.31. The van der Waals surface area contributed by atoms with Crippen LogP contribution in [0.1, 0.15) is 36.7 Å². The Morgan fingerprint density at radius 2 is 2.00 bits per heavy atom. The second kappa shape index (κ2) is 3.98. The summed E-state index contributed by atoms with van der Waals surface area (Å²) in [6.07, 6.45) is 3.18. The highest BCUT2D eigenvalue weighted by molar-refractivity contribution is 5.93. The standard InChI is InChI=1S/C11H16N2O2/c1-11(2,3)9-5-8(6-12-7-9)10(14)13(4)15/h5-7,15H,1-4H3. The lowest BCUT2D eigenvalue weighted by atomic mass is 9.87. The van der Waals surface area contributed by atoms with Crippen molar-refractivity contribution in [3.8, 4) is 0 Å². The molecule has 1 rings (SSSR count). The van der Waals surface area contributed by atoms with Gasteiger partial charge >= 0.3 is 0 Å². The number of rotatable bonds is 1. The number of hydroxylamine groups is 2. The molecule has 1 N–H and O–H groups in total. The summed E-state index contributed by atoms with van der Waals surface area (Å²) in [5, 5.41) is 9.58. The van der Waals surface area contributed by atoms with Crippen LogP contribution in [-0.4, -0.2) is 28.2 Å². The highest BCUT2D eigenvalue weighted by atomic mass is 16.5. The van der Waals surface area contributed by atoms with Gasteiger partial charge in [0.05, 0.1) is 5.56 Å². The summed E-state index contributed by atoms with van der Waals surface area (Å²) in [6, 6.07) is 1.75. The fourth-order valence-corrected chi connectivity index (χ4v) is 1.15. The maximum absolute atomic E-state index is 11.5. The molecular weight excluding hydrogens is 192 g/mol. The Kier molecular flexibility index (Phi) is 3.09. The van der Waals surface area contributed by atoms with Gasteiger partial charge in [0.15, 0.2) is 0 Å². The molecule has 1 heterocycles. The van der Waals surface area contributed by atoms with E-state index in [2.05, 4.69) is 4.98 Å². The van der Waals surface area contributed by atoms with Gasteiger partial charge in [-0.25, -0.2) is 5.06 Å². The number of hydrogen-bond donors (Lipinski definition) is 1. The van der Waals surface area contributed by atoms with E-state index in [4.69, 9.17) is 5.21 Å². The molecule has 0 spiro atoms. The molecule has 1 aromatic rings.